The molecule has 1 aliphatic heterocycles. The molecule has 1 heterocycles. The monoisotopic (exact) mass is 296 g/mol. The van der Waals surface area contributed by atoms with Gasteiger partial charge in [0.15, 0.2) is 0 Å². The Morgan fingerprint density at radius 3 is 2.14 bits per heavy atom. The molecule has 2 atom stereocenters. The molecule has 0 spiro atoms. The molecule has 22 heavy (non-hydrogen) atoms. The van der Waals surface area contributed by atoms with Gasteiger partial charge in [-0.3, -0.25) is 10.1 Å². The molecule has 2 aromatic rings. The molecule has 112 valence electrons. The molecule has 3 rings (SSSR count). The van der Waals surface area contributed by atoms with Crippen molar-refractivity contribution in [3.63, 3.8) is 0 Å². The lowest BCUT2D eigenvalue weighted by molar-refractivity contribution is -0.124. The molecule has 0 aliphatic carbocycles. The molecule has 5 nitrogen and oxygen atoms in total. The molecule has 1 fully saturated rings. The Balaban J connectivity index is 1.84. The van der Waals surface area contributed by atoms with Gasteiger partial charge in [0.05, 0.1) is 0 Å². The second-order valence-corrected chi connectivity index (χ2v) is 5.28. The number of rotatable bonds is 3. The minimum atomic E-state index is -1.05. The van der Waals surface area contributed by atoms with Gasteiger partial charge in [0, 0.05) is 7.05 Å². The molecule has 3 amide bonds. The second-order valence-electron chi connectivity index (χ2n) is 5.28. The summed E-state index contributed by atoms with van der Waals surface area (Å²) in [5.41, 5.74) is 2.70. The van der Waals surface area contributed by atoms with E-state index in [1.807, 2.05) is 42.5 Å². The molecule has 0 saturated carbocycles. The number of likely N-dealkylation sites (N-methyl/N-ethyl adjacent to an activating group) is 1. The molecule has 1 saturated heterocycles. The van der Waals surface area contributed by atoms with Crippen molar-refractivity contribution in [3.05, 3.63) is 60.2 Å². The third-order valence-corrected chi connectivity index (χ3v) is 3.89. The topological polar surface area (TPSA) is 69.6 Å². The van der Waals surface area contributed by atoms with Crippen LogP contribution < -0.4 is 5.32 Å². The molecule has 1 aliphatic rings. The standard InChI is InChI=1S/C17H16N2O3/c1-19-14(16(21)18-17(19)22)15(20)13-9-7-12(8-10-13)11-5-3-2-4-6-11/h2-10,14-15,20H,1H3,(H,18,21,22). The van der Waals surface area contributed by atoms with Gasteiger partial charge in [-0.1, -0.05) is 54.6 Å². The van der Waals surface area contributed by atoms with E-state index in [0.29, 0.717) is 5.56 Å². The zero-order valence-corrected chi connectivity index (χ0v) is 12.1. The number of carbonyl (C=O) groups excluding carboxylic acids is 2. The van der Waals surface area contributed by atoms with Crippen molar-refractivity contribution in [2.75, 3.05) is 7.05 Å². The number of carbonyl (C=O) groups is 2. The van der Waals surface area contributed by atoms with E-state index >= 15 is 0 Å². The number of benzene rings is 2. The lowest BCUT2D eigenvalue weighted by Crippen LogP contribution is -2.37. The predicted octanol–water partition coefficient (Wildman–Crippen LogP) is 1.94. The highest BCUT2D eigenvalue weighted by Gasteiger charge is 2.41. The minimum Gasteiger partial charge on any atom is -0.386 e. The summed E-state index contributed by atoms with van der Waals surface area (Å²) < 4.78 is 0. The van der Waals surface area contributed by atoms with Gasteiger partial charge < -0.3 is 10.0 Å². The molecule has 0 aromatic heterocycles. The minimum absolute atomic E-state index is 0.480. The van der Waals surface area contributed by atoms with Crippen molar-refractivity contribution < 1.29 is 14.7 Å². The summed E-state index contributed by atoms with van der Waals surface area (Å²) in [5, 5.41) is 12.6. The summed E-state index contributed by atoms with van der Waals surface area (Å²) in [6.45, 7) is 0. The normalized spacial score (nSPS) is 19.2. The van der Waals surface area contributed by atoms with Crippen molar-refractivity contribution in [2.24, 2.45) is 0 Å². The van der Waals surface area contributed by atoms with Crippen molar-refractivity contribution in [1.82, 2.24) is 10.2 Å². The van der Waals surface area contributed by atoms with Gasteiger partial charge in [0.1, 0.15) is 12.1 Å². The third-order valence-electron chi connectivity index (χ3n) is 3.89. The summed E-state index contributed by atoms with van der Waals surface area (Å²) in [4.78, 5) is 24.4. The fourth-order valence-electron chi connectivity index (χ4n) is 2.61. The molecule has 0 bridgehead atoms. The maximum absolute atomic E-state index is 11.8. The van der Waals surface area contributed by atoms with Gasteiger partial charge in [-0.25, -0.2) is 4.79 Å². The number of hydrogen-bond donors (Lipinski definition) is 2. The zero-order valence-electron chi connectivity index (χ0n) is 12.1. The molecular weight excluding hydrogens is 280 g/mol. The van der Waals surface area contributed by atoms with Crippen molar-refractivity contribution in [2.45, 2.75) is 12.1 Å². The van der Waals surface area contributed by atoms with E-state index in [9.17, 15) is 14.7 Å². The van der Waals surface area contributed by atoms with Crippen LogP contribution in [0.5, 0.6) is 0 Å². The van der Waals surface area contributed by atoms with Crippen molar-refractivity contribution in [3.8, 4) is 11.1 Å². The SMILES string of the molecule is CN1C(=O)NC(=O)C1C(O)c1ccc(-c2ccccc2)cc1. The van der Waals surface area contributed by atoms with E-state index in [1.165, 1.54) is 11.9 Å². The van der Waals surface area contributed by atoms with Gasteiger partial charge in [0.2, 0.25) is 0 Å². The first kappa shape index (κ1) is 14.3. The van der Waals surface area contributed by atoms with Crippen LogP contribution in [-0.2, 0) is 4.79 Å². The molecule has 2 unspecified atom stereocenters. The van der Waals surface area contributed by atoms with Gasteiger partial charge in [-0.15, -0.1) is 0 Å². The highest BCUT2D eigenvalue weighted by molar-refractivity contribution is 6.04. The Kier molecular flexibility index (Phi) is 3.65. The van der Waals surface area contributed by atoms with Crippen LogP contribution in [0.2, 0.25) is 0 Å². The Morgan fingerprint density at radius 2 is 1.59 bits per heavy atom. The van der Waals surface area contributed by atoms with Crippen LogP contribution in [0, 0.1) is 0 Å². The fraction of sp³-hybridized carbons (Fsp3) is 0.176. The Labute approximate surface area is 128 Å². The molecule has 2 aromatic carbocycles. The Morgan fingerprint density at radius 1 is 1.00 bits per heavy atom. The number of nitrogens with zero attached hydrogens (tertiary/aromatic N) is 1. The van der Waals surface area contributed by atoms with Gasteiger partial charge in [-0.2, -0.15) is 0 Å². The molecular formula is C17H16N2O3. The van der Waals surface area contributed by atoms with Crippen LogP contribution in [0.15, 0.2) is 54.6 Å². The van der Waals surface area contributed by atoms with Crippen LogP contribution in [0.4, 0.5) is 4.79 Å². The van der Waals surface area contributed by atoms with E-state index in [-0.39, 0.29) is 0 Å². The summed E-state index contributed by atoms with van der Waals surface area (Å²) in [6, 6.07) is 15.8. The predicted molar refractivity (Wildman–Crippen MR) is 81.9 cm³/mol. The third kappa shape index (κ3) is 2.46. The number of aliphatic hydroxyl groups excluding tert-OH is 1. The number of imide groups is 1. The average molecular weight is 296 g/mol. The van der Waals surface area contributed by atoms with Gasteiger partial charge >= 0.3 is 6.03 Å². The Hall–Kier alpha value is -2.66. The van der Waals surface area contributed by atoms with Crippen LogP contribution in [0.1, 0.15) is 11.7 Å². The number of amides is 3. The number of hydrogen-bond acceptors (Lipinski definition) is 3. The summed E-state index contributed by atoms with van der Waals surface area (Å²) in [5.74, 6) is -0.480. The molecule has 5 heteroatoms. The quantitative estimate of drug-likeness (QED) is 0.850. The number of urea groups is 1. The average Bonchev–Trinajstić information content (AvgIpc) is 2.80. The first-order valence-electron chi connectivity index (χ1n) is 6.99. The van der Waals surface area contributed by atoms with E-state index < -0.39 is 24.1 Å². The van der Waals surface area contributed by atoms with Gasteiger partial charge in [-0.05, 0) is 16.7 Å². The van der Waals surface area contributed by atoms with E-state index in [1.54, 1.807) is 12.1 Å². The van der Waals surface area contributed by atoms with Crippen LogP contribution in [-0.4, -0.2) is 35.0 Å². The first-order chi connectivity index (χ1) is 10.6. The van der Waals surface area contributed by atoms with Crippen molar-refractivity contribution in [1.29, 1.82) is 0 Å². The van der Waals surface area contributed by atoms with E-state index in [4.69, 9.17) is 0 Å². The number of aliphatic hydroxyl groups is 1. The molecule has 2 N–H and O–H groups in total. The van der Waals surface area contributed by atoms with Crippen molar-refractivity contribution >= 4 is 11.9 Å². The fourth-order valence-corrected chi connectivity index (χ4v) is 2.61. The summed E-state index contributed by atoms with van der Waals surface area (Å²) in [7, 11) is 1.49. The van der Waals surface area contributed by atoms with E-state index in [0.717, 1.165) is 11.1 Å². The van der Waals surface area contributed by atoms with Crippen LogP contribution >= 0.6 is 0 Å². The largest absolute Gasteiger partial charge is 0.386 e. The smallest absolute Gasteiger partial charge is 0.324 e. The lowest BCUT2D eigenvalue weighted by atomic mass is 9.98. The number of nitrogens with one attached hydrogen (secondary N) is 1. The molecule has 0 radical (unpaired) electrons. The van der Waals surface area contributed by atoms with Gasteiger partial charge in [0.25, 0.3) is 5.91 Å². The van der Waals surface area contributed by atoms with E-state index in [2.05, 4.69) is 5.32 Å². The zero-order chi connectivity index (χ0) is 15.7. The summed E-state index contributed by atoms with van der Waals surface area (Å²) >= 11 is 0. The van der Waals surface area contributed by atoms with Crippen LogP contribution in [0.3, 0.4) is 0 Å². The Bertz CT molecular complexity index is 698. The maximum atomic E-state index is 11.8. The first-order valence-corrected chi connectivity index (χ1v) is 6.99. The highest BCUT2D eigenvalue weighted by Crippen LogP contribution is 2.26. The van der Waals surface area contributed by atoms with Crippen LogP contribution in [0.25, 0.3) is 11.1 Å². The highest BCUT2D eigenvalue weighted by atomic mass is 16.3. The second kappa shape index (κ2) is 5.61. The summed E-state index contributed by atoms with van der Waals surface area (Å²) in [6.07, 6.45) is -1.05. The lowest BCUT2D eigenvalue weighted by Gasteiger charge is -2.22. The maximum Gasteiger partial charge on any atom is 0.324 e.